The van der Waals surface area contributed by atoms with Crippen molar-refractivity contribution in [2.45, 2.75) is 32.2 Å². The highest BCUT2D eigenvalue weighted by Gasteiger charge is 2.31. The van der Waals surface area contributed by atoms with Crippen molar-refractivity contribution < 1.29 is 9.18 Å². The van der Waals surface area contributed by atoms with Crippen molar-refractivity contribution in [3.05, 3.63) is 68.3 Å². The molecule has 1 saturated heterocycles. The number of halogens is 2. The van der Waals surface area contributed by atoms with E-state index in [1.54, 1.807) is 36.1 Å². The lowest BCUT2D eigenvalue weighted by atomic mass is 10.0. The van der Waals surface area contributed by atoms with Crippen LogP contribution in [0.15, 0.2) is 35.1 Å². The molecule has 0 spiro atoms. The minimum absolute atomic E-state index is 0.118. The Kier molecular flexibility index (Phi) is 4.71. The number of H-pyrrole nitrogens is 1. The van der Waals surface area contributed by atoms with Gasteiger partial charge in [-0.05, 0) is 50.5 Å². The topological polar surface area (TPSA) is 53.2 Å². The fraction of sp³-hybridized carbons (Fsp3) is 0.333. The molecule has 1 unspecified atom stereocenters. The quantitative estimate of drug-likeness (QED) is 0.925. The highest BCUT2D eigenvalue weighted by Crippen LogP contribution is 2.27. The Morgan fingerprint density at radius 1 is 1.38 bits per heavy atom. The molecule has 2 heterocycles. The molecule has 1 amide bonds. The van der Waals surface area contributed by atoms with Gasteiger partial charge in [-0.15, -0.1) is 0 Å². The second-order valence-corrected chi connectivity index (χ2v) is 6.49. The molecule has 0 radical (unpaired) electrons. The third-order valence-corrected chi connectivity index (χ3v) is 4.78. The largest absolute Gasteiger partial charge is 0.335 e. The average Bonchev–Trinajstić information content (AvgIpc) is 2.99. The van der Waals surface area contributed by atoms with Crippen LogP contribution in [0.25, 0.3) is 0 Å². The molecule has 0 saturated carbocycles. The maximum absolute atomic E-state index is 14.0. The van der Waals surface area contributed by atoms with Crippen LogP contribution in [0.1, 0.15) is 34.5 Å². The summed E-state index contributed by atoms with van der Waals surface area (Å²) in [5, 5.41) is 0.363. The van der Waals surface area contributed by atoms with Crippen LogP contribution < -0.4 is 5.56 Å². The van der Waals surface area contributed by atoms with E-state index in [0.29, 0.717) is 29.2 Å². The predicted octanol–water partition coefficient (Wildman–Crippen LogP) is 3.32. The Labute approximate surface area is 144 Å². The molecule has 1 atom stereocenters. The standard InChI is InChI=1S/C18H18ClFN2O2/c1-11-7-8-13(17(23)21-11)18(24)22-9-3-4-12(22)10-14-15(19)5-2-6-16(14)20/h2,5-8,12H,3-4,9-10H2,1H3,(H,21,23). The van der Waals surface area contributed by atoms with E-state index in [9.17, 15) is 14.0 Å². The monoisotopic (exact) mass is 348 g/mol. The summed E-state index contributed by atoms with van der Waals surface area (Å²) in [6.07, 6.45) is 1.94. The first-order valence-electron chi connectivity index (χ1n) is 7.91. The molecular weight excluding hydrogens is 331 g/mol. The Morgan fingerprint density at radius 3 is 2.88 bits per heavy atom. The molecule has 1 aliphatic heterocycles. The number of amides is 1. The maximum Gasteiger partial charge on any atom is 0.260 e. The van der Waals surface area contributed by atoms with Gasteiger partial charge in [0.25, 0.3) is 11.5 Å². The number of nitrogens with one attached hydrogen (secondary N) is 1. The van der Waals surface area contributed by atoms with E-state index < -0.39 is 5.56 Å². The number of aryl methyl sites for hydroxylation is 1. The first kappa shape index (κ1) is 16.7. The molecule has 1 aromatic carbocycles. The molecule has 126 valence electrons. The molecular formula is C18H18ClFN2O2. The van der Waals surface area contributed by atoms with Crippen molar-refractivity contribution >= 4 is 17.5 Å². The molecule has 4 nitrogen and oxygen atoms in total. The minimum atomic E-state index is -0.394. The summed E-state index contributed by atoms with van der Waals surface area (Å²) < 4.78 is 14.0. The van der Waals surface area contributed by atoms with Gasteiger partial charge in [0.2, 0.25) is 0 Å². The van der Waals surface area contributed by atoms with Gasteiger partial charge in [-0.1, -0.05) is 17.7 Å². The molecule has 1 aliphatic rings. The number of hydrogen-bond donors (Lipinski definition) is 1. The fourth-order valence-electron chi connectivity index (χ4n) is 3.17. The van der Waals surface area contributed by atoms with Crippen LogP contribution in [-0.4, -0.2) is 28.4 Å². The van der Waals surface area contributed by atoms with Gasteiger partial charge in [0.15, 0.2) is 0 Å². The molecule has 2 aromatic rings. The maximum atomic E-state index is 14.0. The Hall–Kier alpha value is -2.14. The zero-order valence-electron chi connectivity index (χ0n) is 13.3. The molecule has 1 N–H and O–H groups in total. The van der Waals surface area contributed by atoms with Gasteiger partial charge in [0.05, 0.1) is 0 Å². The number of nitrogens with zero attached hydrogens (tertiary/aromatic N) is 1. The minimum Gasteiger partial charge on any atom is -0.335 e. The molecule has 6 heteroatoms. The Bertz CT molecular complexity index is 814. The number of aromatic nitrogens is 1. The summed E-state index contributed by atoms with van der Waals surface area (Å²) in [7, 11) is 0. The van der Waals surface area contributed by atoms with Crippen LogP contribution in [0.5, 0.6) is 0 Å². The first-order chi connectivity index (χ1) is 11.5. The Morgan fingerprint density at radius 2 is 2.17 bits per heavy atom. The number of rotatable bonds is 3. The first-order valence-corrected chi connectivity index (χ1v) is 8.29. The van der Waals surface area contributed by atoms with Crippen LogP contribution in [-0.2, 0) is 6.42 Å². The summed E-state index contributed by atoms with van der Waals surface area (Å²) in [4.78, 5) is 29.1. The van der Waals surface area contributed by atoms with Gasteiger partial charge in [-0.3, -0.25) is 9.59 Å². The summed E-state index contributed by atoms with van der Waals surface area (Å²) in [6.45, 7) is 2.32. The third kappa shape index (κ3) is 3.22. The predicted molar refractivity (Wildman–Crippen MR) is 91.0 cm³/mol. The molecule has 3 rings (SSSR count). The molecule has 1 aromatic heterocycles. The zero-order chi connectivity index (χ0) is 17.3. The molecule has 24 heavy (non-hydrogen) atoms. The second kappa shape index (κ2) is 6.77. The van der Waals surface area contributed by atoms with Crippen LogP contribution in [0.2, 0.25) is 5.02 Å². The lowest BCUT2D eigenvalue weighted by Gasteiger charge is -2.25. The number of likely N-dealkylation sites (tertiary alicyclic amines) is 1. The van der Waals surface area contributed by atoms with Gasteiger partial charge < -0.3 is 9.88 Å². The number of pyridine rings is 1. The SMILES string of the molecule is Cc1ccc(C(=O)N2CCCC2Cc2c(F)cccc2Cl)c(=O)[nH]1. The highest BCUT2D eigenvalue weighted by atomic mass is 35.5. The van der Waals surface area contributed by atoms with Crippen molar-refractivity contribution in [1.82, 2.24) is 9.88 Å². The van der Waals surface area contributed by atoms with E-state index in [1.807, 2.05) is 0 Å². The van der Waals surface area contributed by atoms with Crippen LogP contribution in [0, 0.1) is 12.7 Å². The van der Waals surface area contributed by atoms with Crippen molar-refractivity contribution in [3.63, 3.8) is 0 Å². The average molecular weight is 349 g/mol. The van der Waals surface area contributed by atoms with Gasteiger partial charge in [0, 0.05) is 28.9 Å². The van der Waals surface area contributed by atoms with Crippen molar-refractivity contribution in [2.24, 2.45) is 0 Å². The number of carbonyl (C=O) groups excluding carboxylic acids is 1. The summed E-state index contributed by atoms with van der Waals surface area (Å²) in [5.74, 6) is -0.679. The van der Waals surface area contributed by atoms with Crippen molar-refractivity contribution in [3.8, 4) is 0 Å². The summed E-state index contributed by atoms with van der Waals surface area (Å²) in [5.41, 5.74) is 0.844. The zero-order valence-corrected chi connectivity index (χ0v) is 14.1. The van der Waals surface area contributed by atoms with Crippen molar-refractivity contribution in [2.75, 3.05) is 6.54 Å². The van der Waals surface area contributed by atoms with E-state index in [-0.39, 0.29) is 23.3 Å². The third-order valence-electron chi connectivity index (χ3n) is 4.43. The smallest absolute Gasteiger partial charge is 0.260 e. The van der Waals surface area contributed by atoms with Crippen LogP contribution in [0.4, 0.5) is 4.39 Å². The van der Waals surface area contributed by atoms with E-state index in [2.05, 4.69) is 4.98 Å². The number of aromatic amines is 1. The summed E-state index contributed by atoms with van der Waals surface area (Å²) >= 11 is 6.10. The lowest BCUT2D eigenvalue weighted by Crippen LogP contribution is -2.39. The molecule has 0 aliphatic carbocycles. The van der Waals surface area contributed by atoms with Gasteiger partial charge >= 0.3 is 0 Å². The van der Waals surface area contributed by atoms with E-state index in [4.69, 9.17) is 11.6 Å². The fourth-order valence-corrected chi connectivity index (χ4v) is 3.41. The van der Waals surface area contributed by atoms with Gasteiger partial charge in [-0.2, -0.15) is 0 Å². The van der Waals surface area contributed by atoms with Gasteiger partial charge in [-0.25, -0.2) is 4.39 Å². The Balaban J connectivity index is 1.85. The van der Waals surface area contributed by atoms with E-state index in [0.717, 1.165) is 12.8 Å². The van der Waals surface area contributed by atoms with Gasteiger partial charge in [0.1, 0.15) is 11.4 Å². The van der Waals surface area contributed by atoms with Crippen LogP contribution in [0.3, 0.4) is 0 Å². The van der Waals surface area contributed by atoms with Crippen molar-refractivity contribution in [1.29, 1.82) is 0 Å². The number of benzene rings is 1. The second-order valence-electron chi connectivity index (χ2n) is 6.08. The van der Waals surface area contributed by atoms with Crippen LogP contribution >= 0.6 is 11.6 Å². The van der Waals surface area contributed by atoms with E-state index >= 15 is 0 Å². The summed E-state index contributed by atoms with van der Waals surface area (Å²) in [6, 6.07) is 7.66. The van der Waals surface area contributed by atoms with E-state index in [1.165, 1.54) is 6.07 Å². The normalized spacial score (nSPS) is 17.3. The molecule has 0 bridgehead atoms. The lowest BCUT2D eigenvalue weighted by molar-refractivity contribution is 0.0734. The molecule has 1 fully saturated rings. The number of carbonyl (C=O) groups is 1. The number of hydrogen-bond acceptors (Lipinski definition) is 2. The highest BCUT2D eigenvalue weighted by molar-refractivity contribution is 6.31.